The number of aliphatic hydroxyl groups is 1. The third-order valence-corrected chi connectivity index (χ3v) is 2.64. The van der Waals surface area contributed by atoms with Crippen LogP contribution in [0.1, 0.15) is 12.8 Å². The second kappa shape index (κ2) is 5.79. The molecule has 6 heteroatoms. The Labute approximate surface area is 99.6 Å². The van der Waals surface area contributed by atoms with Gasteiger partial charge in [0.25, 0.3) is 0 Å². The molecule has 2 heterocycles. The number of aromatic nitrogens is 2. The number of methoxy groups -OCH3 is 1. The number of aliphatic hydroxyl groups excluding tert-OH is 1. The van der Waals surface area contributed by atoms with E-state index in [0.29, 0.717) is 18.4 Å². The number of hydrogen-bond donors (Lipinski definition) is 1. The van der Waals surface area contributed by atoms with Crippen molar-refractivity contribution in [3.05, 3.63) is 12.4 Å². The van der Waals surface area contributed by atoms with E-state index in [9.17, 15) is 0 Å². The smallest absolute Gasteiger partial charge is 0.220 e. The average molecular weight is 240 g/mol. The van der Waals surface area contributed by atoms with E-state index in [-0.39, 0.29) is 18.8 Å². The van der Waals surface area contributed by atoms with Crippen LogP contribution in [0, 0.1) is 0 Å². The Morgan fingerprint density at radius 3 is 2.82 bits per heavy atom. The Morgan fingerprint density at radius 2 is 2.12 bits per heavy atom. The lowest BCUT2D eigenvalue weighted by Crippen LogP contribution is -2.20. The molecule has 0 bridgehead atoms. The zero-order valence-corrected chi connectivity index (χ0v) is 9.70. The van der Waals surface area contributed by atoms with Crippen molar-refractivity contribution in [1.29, 1.82) is 0 Å². The van der Waals surface area contributed by atoms with Crippen molar-refractivity contribution in [2.75, 3.05) is 20.3 Å². The fourth-order valence-electron chi connectivity index (χ4n) is 1.73. The van der Waals surface area contributed by atoms with Crippen molar-refractivity contribution >= 4 is 0 Å². The quantitative estimate of drug-likeness (QED) is 0.803. The van der Waals surface area contributed by atoms with Gasteiger partial charge in [-0.05, 0) is 12.8 Å². The lowest BCUT2D eigenvalue weighted by atomic mass is 10.2. The van der Waals surface area contributed by atoms with Gasteiger partial charge in [0.2, 0.25) is 11.8 Å². The molecule has 6 nitrogen and oxygen atoms in total. The van der Waals surface area contributed by atoms with Crippen molar-refractivity contribution in [2.45, 2.75) is 25.0 Å². The molecule has 1 aromatic rings. The molecule has 0 aromatic carbocycles. The molecule has 0 saturated carbocycles. The predicted molar refractivity (Wildman–Crippen MR) is 59.1 cm³/mol. The Morgan fingerprint density at radius 1 is 1.35 bits per heavy atom. The monoisotopic (exact) mass is 240 g/mol. The first-order valence-corrected chi connectivity index (χ1v) is 5.57. The van der Waals surface area contributed by atoms with Crippen LogP contribution in [0.5, 0.6) is 11.8 Å². The topological polar surface area (TPSA) is 73.7 Å². The highest BCUT2D eigenvalue weighted by Gasteiger charge is 2.25. The van der Waals surface area contributed by atoms with Crippen LogP contribution < -0.4 is 9.47 Å². The minimum atomic E-state index is -0.0523. The Bertz CT molecular complexity index is 361. The fourth-order valence-corrected chi connectivity index (χ4v) is 1.73. The first-order chi connectivity index (χ1) is 8.31. The standard InChI is InChI=1S/C11H16N2O4/c1-15-10-4-11(13-7-12-10)16-6-9-3-2-8(5-14)17-9/h4,7-9,14H,2-3,5-6H2,1H3/t8-,9+/m0/s1. The third kappa shape index (κ3) is 3.28. The third-order valence-electron chi connectivity index (χ3n) is 2.64. The Kier molecular flexibility index (Phi) is 4.11. The summed E-state index contributed by atoms with van der Waals surface area (Å²) in [4.78, 5) is 7.85. The summed E-state index contributed by atoms with van der Waals surface area (Å²) in [5, 5.41) is 8.93. The highest BCUT2D eigenvalue weighted by molar-refractivity contribution is 5.17. The summed E-state index contributed by atoms with van der Waals surface area (Å²) in [7, 11) is 1.54. The van der Waals surface area contributed by atoms with E-state index in [1.807, 2.05) is 0 Å². The molecule has 0 unspecified atom stereocenters. The van der Waals surface area contributed by atoms with Crippen LogP contribution in [0.4, 0.5) is 0 Å². The molecule has 1 fully saturated rings. The lowest BCUT2D eigenvalue weighted by molar-refractivity contribution is -0.00794. The molecule has 1 aliphatic heterocycles. The minimum Gasteiger partial charge on any atom is -0.481 e. The highest BCUT2D eigenvalue weighted by atomic mass is 16.6. The molecule has 2 atom stereocenters. The van der Waals surface area contributed by atoms with Crippen LogP contribution in [0.25, 0.3) is 0 Å². The molecule has 1 aliphatic rings. The minimum absolute atomic E-state index is 0.0214. The van der Waals surface area contributed by atoms with Gasteiger partial charge in [-0.2, -0.15) is 0 Å². The van der Waals surface area contributed by atoms with Crippen molar-refractivity contribution in [2.24, 2.45) is 0 Å². The molecule has 94 valence electrons. The molecule has 0 spiro atoms. The second-order valence-electron chi connectivity index (χ2n) is 3.85. The largest absolute Gasteiger partial charge is 0.481 e. The van der Waals surface area contributed by atoms with Gasteiger partial charge in [0, 0.05) is 0 Å². The summed E-state index contributed by atoms with van der Waals surface area (Å²) in [6, 6.07) is 1.62. The van der Waals surface area contributed by atoms with Crippen molar-refractivity contribution < 1.29 is 19.3 Å². The van der Waals surface area contributed by atoms with Crippen LogP contribution in [0.2, 0.25) is 0 Å². The van der Waals surface area contributed by atoms with Crippen molar-refractivity contribution in [1.82, 2.24) is 9.97 Å². The van der Waals surface area contributed by atoms with E-state index in [1.165, 1.54) is 13.4 Å². The normalized spacial score (nSPS) is 23.6. The molecule has 0 amide bonds. The number of hydrogen-bond acceptors (Lipinski definition) is 6. The van der Waals surface area contributed by atoms with Gasteiger partial charge in [0.05, 0.1) is 32.0 Å². The van der Waals surface area contributed by atoms with Crippen molar-refractivity contribution in [3.8, 4) is 11.8 Å². The average Bonchev–Trinajstić information content (AvgIpc) is 2.84. The fraction of sp³-hybridized carbons (Fsp3) is 0.636. The van der Waals surface area contributed by atoms with Gasteiger partial charge in [-0.25, -0.2) is 9.97 Å². The number of nitrogens with zero attached hydrogens (tertiary/aromatic N) is 2. The van der Waals surface area contributed by atoms with E-state index < -0.39 is 0 Å². The summed E-state index contributed by atoms with van der Waals surface area (Å²) in [5.41, 5.74) is 0. The molecular weight excluding hydrogens is 224 g/mol. The van der Waals surface area contributed by atoms with Gasteiger partial charge in [0.15, 0.2) is 0 Å². The van der Waals surface area contributed by atoms with Gasteiger partial charge in [0.1, 0.15) is 12.9 Å². The molecule has 17 heavy (non-hydrogen) atoms. The maximum absolute atomic E-state index is 8.93. The lowest BCUT2D eigenvalue weighted by Gasteiger charge is -2.12. The predicted octanol–water partition coefficient (Wildman–Crippen LogP) is 0.404. The first kappa shape index (κ1) is 12.1. The maximum Gasteiger partial charge on any atom is 0.220 e. The molecule has 1 N–H and O–H groups in total. The zero-order valence-electron chi connectivity index (χ0n) is 9.70. The summed E-state index contributed by atoms with van der Waals surface area (Å²) in [6.07, 6.45) is 3.13. The van der Waals surface area contributed by atoms with E-state index >= 15 is 0 Å². The van der Waals surface area contributed by atoms with Crippen LogP contribution in [0.3, 0.4) is 0 Å². The van der Waals surface area contributed by atoms with E-state index in [4.69, 9.17) is 19.3 Å². The second-order valence-corrected chi connectivity index (χ2v) is 3.85. The molecular formula is C11H16N2O4. The van der Waals surface area contributed by atoms with Gasteiger partial charge >= 0.3 is 0 Å². The Balaban J connectivity index is 1.81. The summed E-state index contributed by atoms with van der Waals surface area (Å²) >= 11 is 0. The first-order valence-electron chi connectivity index (χ1n) is 5.57. The zero-order chi connectivity index (χ0) is 12.1. The maximum atomic E-state index is 8.93. The molecule has 1 aromatic heterocycles. The van der Waals surface area contributed by atoms with Gasteiger partial charge in [-0.1, -0.05) is 0 Å². The van der Waals surface area contributed by atoms with E-state index in [2.05, 4.69) is 9.97 Å². The Hall–Kier alpha value is -1.40. The molecule has 0 radical (unpaired) electrons. The van der Waals surface area contributed by atoms with Crippen LogP contribution in [-0.2, 0) is 4.74 Å². The van der Waals surface area contributed by atoms with E-state index in [0.717, 1.165) is 12.8 Å². The van der Waals surface area contributed by atoms with Gasteiger partial charge < -0.3 is 19.3 Å². The SMILES string of the molecule is COc1cc(OC[C@H]2CC[C@@H](CO)O2)ncn1. The van der Waals surface area contributed by atoms with Gasteiger partial charge in [-0.15, -0.1) is 0 Å². The number of ether oxygens (including phenoxy) is 3. The van der Waals surface area contributed by atoms with Crippen molar-refractivity contribution in [3.63, 3.8) is 0 Å². The molecule has 2 rings (SSSR count). The summed E-state index contributed by atoms with van der Waals surface area (Å²) < 4.78 is 16.0. The van der Waals surface area contributed by atoms with E-state index in [1.54, 1.807) is 6.07 Å². The highest BCUT2D eigenvalue weighted by Crippen LogP contribution is 2.20. The van der Waals surface area contributed by atoms with Crippen LogP contribution in [0.15, 0.2) is 12.4 Å². The molecule has 0 aliphatic carbocycles. The summed E-state index contributed by atoms with van der Waals surface area (Å²) in [5.74, 6) is 0.934. The number of rotatable bonds is 5. The van der Waals surface area contributed by atoms with Gasteiger partial charge in [-0.3, -0.25) is 0 Å². The van der Waals surface area contributed by atoms with Crippen LogP contribution in [-0.4, -0.2) is 47.6 Å². The molecule has 1 saturated heterocycles. The summed E-state index contributed by atoms with van der Waals surface area (Å²) in [6.45, 7) is 0.495. The van der Waals surface area contributed by atoms with Crippen LogP contribution >= 0.6 is 0 Å².